The summed E-state index contributed by atoms with van der Waals surface area (Å²) in [6.45, 7) is 0. The highest BCUT2D eigenvalue weighted by Crippen LogP contribution is 2.22. The van der Waals surface area contributed by atoms with E-state index in [9.17, 15) is 4.79 Å². The molecule has 2 aliphatic rings. The molecule has 2 heterocycles. The van der Waals surface area contributed by atoms with Crippen LogP contribution in [0.3, 0.4) is 0 Å². The fourth-order valence-electron chi connectivity index (χ4n) is 3.57. The van der Waals surface area contributed by atoms with Crippen molar-refractivity contribution in [2.24, 2.45) is 12.0 Å². The Morgan fingerprint density at radius 1 is 1.20 bits per heavy atom. The second-order valence-electron chi connectivity index (χ2n) is 6.93. The number of carbonyl (C=O) groups is 1. The first-order chi connectivity index (χ1) is 12.1. The minimum Gasteiger partial charge on any atom is -0.353 e. The first kappa shape index (κ1) is 15.9. The highest BCUT2D eigenvalue weighted by Gasteiger charge is 2.28. The normalized spacial score (nSPS) is 20.6. The van der Waals surface area contributed by atoms with E-state index in [1.165, 1.54) is 19.3 Å². The molecule has 0 bridgehead atoms. The van der Waals surface area contributed by atoms with Gasteiger partial charge in [0.15, 0.2) is 0 Å². The van der Waals surface area contributed by atoms with E-state index in [1.54, 1.807) is 16.6 Å². The zero-order chi connectivity index (χ0) is 17.4. The Kier molecular flexibility index (Phi) is 4.03. The molecule has 6 heteroatoms. The van der Waals surface area contributed by atoms with Crippen LogP contribution in [0.2, 0.25) is 0 Å². The fourth-order valence-corrected chi connectivity index (χ4v) is 3.57. The largest absolute Gasteiger partial charge is 0.353 e. The Bertz CT molecular complexity index is 873. The van der Waals surface area contributed by atoms with Gasteiger partial charge in [0, 0.05) is 31.7 Å². The number of nitrogens with zero attached hydrogens (tertiary/aromatic N) is 4. The van der Waals surface area contributed by atoms with Crippen molar-refractivity contribution in [3.63, 3.8) is 0 Å². The SMILES string of the molecule is CN1C(=O)/C(=C/c2ccc3nn(C)cc3c2)N=C1NC1CCCCC1. The Balaban J connectivity index is 1.58. The van der Waals surface area contributed by atoms with Crippen molar-refractivity contribution in [3.8, 4) is 0 Å². The molecule has 1 fully saturated rings. The third-order valence-corrected chi connectivity index (χ3v) is 4.95. The molecule has 1 N–H and O–H groups in total. The van der Waals surface area contributed by atoms with Crippen LogP contribution in [0.4, 0.5) is 0 Å². The Morgan fingerprint density at radius 2 is 2.00 bits per heavy atom. The number of fused-ring (bicyclic) bond motifs is 1. The van der Waals surface area contributed by atoms with Gasteiger partial charge in [-0.25, -0.2) is 4.99 Å². The molecule has 0 spiro atoms. The lowest BCUT2D eigenvalue weighted by Gasteiger charge is -2.25. The summed E-state index contributed by atoms with van der Waals surface area (Å²) in [5.74, 6) is 0.607. The number of benzene rings is 1. The first-order valence-electron chi connectivity index (χ1n) is 8.88. The molecule has 1 amide bonds. The van der Waals surface area contributed by atoms with Crippen LogP contribution >= 0.6 is 0 Å². The Labute approximate surface area is 147 Å². The molecule has 0 radical (unpaired) electrons. The maximum atomic E-state index is 12.5. The maximum Gasteiger partial charge on any atom is 0.279 e. The molecular formula is C19H23N5O. The quantitative estimate of drug-likeness (QED) is 0.857. The topological polar surface area (TPSA) is 62.5 Å². The summed E-state index contributed by atoms with van der Waals surface area (Å²) in [7, 11) is 3.68. The summed E-state index contributed by atoms with van der Waals surface area (Å²) in [5.41, 5.74) is 2.38. The van der Waals surface area contributed by atoms with Crippen molar-refractivity contribution in [3.05, 3.63) is 35.7 Å². The van der Waals surface area contributed by atoms with Crippen LogP contribution in [0.5, 0.6) is 0 Å². The smallest absolute Gasteiger partial charge is 0.279 e. The summed E-state index contributed by atoms with van der Waals surface area (Å²) in [6.07, 6.45) is 9.92. The Hall–Kier alpha value is -2.63. The van der Waals surface area contributed by atoms with E-state index in [2.05, 4.69) is 15.4 Å². The maximum absolute atomic E-state index is 12.5. The highest BCUT2D eigenvalue weighted by molar-refractivity contribution is 6.13. The van der Waals surface area contributed by atoms with E-state index < -0.39 is 0 Å². The van der Waals surface area contributed by atoms with Gasteiger partial charge in [0.25, 0.3) is 5.91 Å². The van der Waals surface area contributed by atoms with Crippen molar-refractivity contribution in [2.75, 3.05) is 7.05 Å². The number of likely N-dealkylation sites (N-methyl/N-ethyl adjacent to an activating group) is 1. The van der Waals surface area contributed by atoms with Crippen LogP contribution in [0.25, 0.3) is 17.0 Å². The average molecular weight is 337 g/mol. The fraction of sp³-hybridized carbons (Fsp3) is 0.421. The standard InChI is InChI=1S/C19H23N5O/c1-23-12-14-10-13(8-9-16(14)22-23)11-17-18(25)24(2)19(21-17)20-15-6-4-3-5-7-15/h8-12,15H,3-7H2,1-2H3,(H,20,21)/b17-11-. The van der Waals surface area contributed by atoms with Crippen LogP contribution < -0.4 is 5.32 Å². The number of carbonyl (C=O) groups excluding carboxylic acids is 1. The molecule has 6 nitrogen and oxygen atoms in total. The molecule has 1 aliphatic carbocycles. The van der Waals surface area contributed by atoms with Crippen LogP contribution in [-0.4, -0.2) is 39.6 Å². The lowest BCUT2D eigenvalue weighted by molar-refractivity contribution is -0.121. The van der Waals surface area contributed by atoms with Crippen LogP contribution in [0.15, 0.2) is 35.1 Å². The summed E-state index contributed by atoms with van der Waals surface area (Å²) < 4.78 is 1.79. The van der Waals surface area contributed by atoms with E-state index in [4.69, 9.17) is 0 Å². The lowest BCUT2D eigenvalue weighted by atomic mass is 9.96. The number of guanidine groups is 1. The number of nitrogens with one attached hydrogen (secondary N) is 1. The predicted molar refractivity (Wildman–Crippen MR) is 98.9 cm³/mol. The molecular weight excluding hydrogens is 314 g/mol. The number of amides is 1. The third-order valence-electron chi connectivity index (χ3n) is 4.95. The molecule has 0 unspecified atom stereocenters. The molecule has 0 atom stereocenters. The van der Waals surface area contributed by atoms with Crippen molar-refractivity contribution < 1.29 is 4.79 Å². The van der Waals surface area contributed by atoms with Crippen LogP contribution in [0.1, 0.15) is 37.7 Å². The Morgan fingerprint density at radius 3 is 2.80 bits per heavy atom. The zero-order valence-corrected chi connectivity index (χ0v) is 14.7. The van der Waals surface area contributed by atoms with Gasteiger partial charge in [0.2, 0.25) is 5.96 Å². The van der Waals surface area contributed by atoms with Gasteiger partial charge in [-0.3, -0.25) is 14.4 Å². The van der Waals surface area contributed by atoms with Gasteiger partial charge in [-0.05, 0) is 36.6 Å². The molecule has 0 saturated heterocycles. The summed E-state index contributed by atoms with van der Waals surface area (Å²) in [4.78, 5) is 18.7. The molecule has 2 aromatic rings. The minimum atomic E-state index is -0.0652. The summed E-state index contributed by atoms with van der Waals surface area (Å²) >= 11 is 0. The molecule has 1 aliphatic heterocycles. The number of hydrogen-bond donors (Lipinski definition) is 1. The number of hydrogen-bond acceptors (Lipinski definition) is 4. The van der Waals surface area contributed by atoms with E-state index in [1.807, 2.05) is 37.5 Å². The minimum absolute atomic E-state index is 0.0652. The molecule has 1 aromatic heterocycles. The van der Waals surface area contributed by atoms with E-state index in [-0.39, 0.29) is 5.91 Å². The summed E-state index contributed by atoms with van der Waals surface area (Å²) in [6, 6.07) is 6.40. The van der Waals surface area contributed by atoms with Gasteiger partial charge < -0.3 is 5.32 Å². The van der Waals surface area contributed by atoms with Crippen LogP contribution in [-0.2, 0) is 11.8 Å². The van der Waals surface area contributed by atoms with Gasteiger partial charge in [-0.15, -0.1) is 0 Å². The predicted octanol–water partition coefficient (Wildman–Crippen LogP) is 2.66. The van der Waals surface area contributed by atoms with Gasteiger partial charge in [-0.2, -0.15) is 5.10 Å². The summed E-state index contributed by atoms with van der Waals surface area (Å²) in [5, 5.41) is 8.88. The molecule has 25 heavy (non-hydrogen) atoms. The van der Waals surface area contributed by atoms with Crippen molar-refractivity contribution in [1.82, 2.24) is 20.0 Å². The molecule has 1 saturated carbocycles. The first-order valence-corrected chi connectivity index (χ1v) is 8.88. The van der Waals surface area contributed by atoms with Crippen LogP contribution in [0, 0.1) is 0 Å². The molecule has 130 valence electrons. The number of rotatable bonds is 2. The van der Waals surface area contributed by atoms with Crippen molar-refractivity contribution in [2.45, 2.75) is 38.1 Å². The van der Waals surface area contributed by atoms with Gasteiger partial charge >= 0.3 is 0 Å². The third kappa shape index (κ3) is 3.16. The molecule has 4 rings (SSSR count). The van der Waals surface area contributed by atoms with Gasteiger partial charge in [0.05, 0.1) is 5.52 Å². The second-order valence-corrected chi connectivity index (χ2v) is 6.93. The van der Waals surface area contributed by atoms with Crippen molar-refractivity contribution in [1.29, 1.82) is 0 Å². The van der Waals surface area contributed by atoms with Gasteiger partial charge in [0.1, 0.15) is 5.70 Å². The van der Waals surface area contributed by atoms with Gasteiger partial charge in [-0.1, -0.05) is 25.3 Å². The number of aliphatic imine (C=N–C) groups is 1. The molecule has 1 aromatic carbocycles. The number of aromatic nitrogens is 2. The van der Waals surface area contributed by atoms with E-state index in [0.717, 1.165) is 29.3 Å². The highest BCUT2D eigenvalue weighted by atomic mass is 16.2. The lowest BCUT2D eigenvalue weighted by Crippen LogP contribution is -2.44. The number of aryl methyl sites for hydroxylation is 1. The average Bonchev–Trinajstić information content (AvgIpc) is 3.10. The second kappa shape index (κ2) is 6.35. The zero-order valence-electron chi connectivity index (χ0n) is 14.7. The van der Waals surface area contributed by atoms with E-state index >= 15 is 0 Å². The van der Waals surface area contributed by atoms with Crippen molar-refractivity contribution >= 4 is 28.8 Å². The monoisotopic (exact) mass is 337 g/mol. The van der Waals surface area contributed by atoms with E-state index in [0.29, 0.717) is 17.7 Å².